The monoisotopic (exact) mass is 329 g/mol. The topological polar surface area (TPSA) is 38.8 Å². The van der Waals surface area contributed by atoms with Crippen LogP contribution < -0.4 is 4.74 Å². The van der Waals surface area contributed by atoms with Crippen molar-refractivity contribution in [2.24, 2.45) is 0 Å². The molecule has 1 aromatic rings. The molecular formula is C17H28ClNO3. The average Bonchev–Trinajstić information content (AvgIpc) is 2.40. The van der Waals surface area contributed by atoms with Crippen LogP contribution in [0.4, 0.5) is 0 Å². The Morgan fingerprint density at radius 1 is 1.14 bits per heavy atom. The second kappa shape index (κ2) is 9.70. The molecule has 0 N–H and O–H groups in total. The predicted octanol–water partition coefficient (Wildman–Crippen LogP) is 3.28. The zero-order valence-corrected chi connectivity index (χ0v) is 15.0. The lowest BCUT2D eigenvalue weighted by atomic mass is 9.87. The van der Waals surface area contributed by atoms with Crippen LogP contribution in [0.5, 0.6) is 5.75 Å². The van der Waals surface area contributed by atoms with Crippen LogP contribution in [0.15, 0.2) is 24.3 Å². The molecule has 0 aromatic heterocycles. The van der Waals surface area contributed by atoms with E-state index in [2.05, 4.69) is 25.7 Å². The maximum Gasteiger partial charge on any atom is 0.344 e. The normalized spacial score (nSPS) is 11.0. The molecule has 0 amide bonds. The number of hydrogen-bond acceptors (Lipinski definition) is 4. The fraction of sp³-hybridized carbons (Fsp3) is 0.588. The van der Waals surface area contributed by atoms with Crippen LogP contribution in [0.1, 0.15) is 32.8 Å². The second-order valence-corrected chi connectivity index (χ2v) is 6.44. The molecule has 0 atom stereocenters. The number of carbonyl (C=O) groups is 1. The van der Waals surface area contributed by atoms with E-state index in [-0.39, 0.29) is 30.4 Å². The summed E-state index contributed by atoms with van der Waals surface area (Å²) in [6, 6.07) is 7.83. The van der Waals surface area contributed by atoms with Crippen molar-refractivity contribution in [3.8, 4) is 5.75 Å². The van der Waals surface area contributed by atoms with Crippen molar-refractivity contribution in [3.05, 3.63) is 29.8 Å². The van der Waals surface area contributed by atoms with E-state index in [0.717, 1.165) is 13.0 Å². The lowest BCUT2D eigenvalue weighted by Crippen LogP contribution is -2.19. The molecule has 1 rings (SSSR count). The minimum atomic E-state index is -0.325. The standard InChI is InChI=1S/C17H27NO3.ClH/c1-17(2,3)14-7-9-15(10-8-14)21-13-16(19)20-12-6-11-18(4)5;/h7-10H,6,11-13H2,1-5H3;1H. The van der Waals surface area contributed by atoms with Crippen molar-refractivity contribution in [1.82, 2.24) is 4.90 Å². The number of nitrogens with zero attached hydrogens (tertiary/aromatic N) is 1. The molecule has 22 heavy (non-hydrogen) atoms. The summed E-state index contributed by atoms with van der Waals surface area (Å²) in [6.45, 7) is 7.78. The minimum Gasteiger partial charge on any atom is -0.482 e. The van der Waals surface area contributed by atoms with Crippen molar-refractivity contribution in [1.29, 1.82) is 0 Å². The highest BCUT2D eigenvalue weighted by Gasteiger charge is 2.13. The Kier molecular flexibility index (Phi) is 9.14. The fourth-order valence-corrected chi connectivity index (χ4v) is 1.80. The summed E-state index contributed by atoms with van der Waals surface area (Å²) in [4.78, 5) is 13.6. The minimum absolute atomic E-state index is 0. The third kappa shape index (κ3) is 8.25. The first-order valence-electron chi connectivity index (χ1n) is 7.33. The molecule has 0 heterocycles. The van der Waals surface area contributed by atoms with E-state index in [4.69, 9.17) is 9.47 Å². The molecular weight excluding hydrogens is 302 g/mol. The van der Waals surface area contributed by atoms with E-state index in [0.29, 0.717) is 12.4 Å². The van der Waals surface area contributed by atoms with Crippen LogP contribution in [0, 0.1) is 0 Å². The third-order valence-corrected chi connectivity index (χ3v) is 3.09. The van der Waals surface area contributed by atoms with Crippen LogP contribution in [-0.2, 0) is 14.9 Å². The van der Waals surface area contributed by atoms with Gasteiger partial charge in [-0.25, -0.2) is 4.79 Å². The molecule has 4 nitrogen and oxygen atoms in total. The van der Waals surface area contributed by atoms with Gasteiger partial charge in [0.15, 0.2) is 6.61 Å². The molecule has 0 aliphatic rings. The summed E-state index contributed by atoms with van der Waals surface area (Å²) >= 11 is 0. The predicted molar refractivity (Wildman–Crippen MR) is 92.0 cm³/mol. The molecule has 1 aromatic carbocycles. The highest BCUT2D eigenvalue weighted by atomic mass is 35.5. The number of halogens is 1. The number of esters is 1. The van der Waals surface area contributed by atoms with E-state index in [1.165, 1.54) is 5.56 Å². The van der Waals surface area contributed by atoms with Gasteiger partial charge in [0.2, 0.25) is 0 Å². The van der Waals surface area contributed by atoms with Gasteiger partial charge in [0.05, 0.1) is 6.61 Å². The molecule has 0 saturated carbocycles. The first-order valence-corrected chi connectivity index (χ1v) is 7.33. The number of hydrogen-bond donors (Lipinski definition) is 0. The van der Waals surface area contributed by atoms with Crippen LogP contribution >= 0.6 is 12.4 Å². The highest BCUT2D eigenvalue weighted by molar-refractivity contribution is 5.85. The van der Waals surface area contributed by atoms with Crippen molar-refractivity contribution in [2.45, 2.75) is 32.6 Å². The summed E-state index contributed by atoms with van der Waals surface area (Å²) in [7, 11) is 3.98. The fourth-order valence-electron chi connectivity index (χ4n) is 1.80. The largest absolute Gasteiger partial charge is 0.482 e. The quantitative estimate of drug-likeness (QED) is 0.568. The van der Waals surface area contributed by atoms with E-state index in [1.54, 1.807) is 0 Å². The summed E-state index contributed by atoms with van der Waals surface area (Å²) in [6.07, 6.45) is 0.832. The Hall–Kier alpha value is -1.26. The van der Waals surface area contributed by atoms with Gasteiger partial charge in [-0.2, -0.15) is 0 Å². The zero-order chi connectivity index (χ0) is 15.9. The van der Waals surface area contributed by atoms with Gasteiger partial charge in [-0.1, -0.05) is 32.9 Å². The first kappa shape index (κ1) is 20.7. The van der Waals surface area contributed by atoms with Crippen LogP contribution in [0.25, 0.3) is 0 Å². The Morgan fingerprint density at radius 2 is 1.73 bits per heavy atom. The number of benzene rings is 1. The lowest BCUT2D eigenvalue weighted by molar-refractivity contribution is -0.146. The SMILES string of the molecule is CN(C)CCCOC(=O)COc1ccc(C(C)(C)C)cc1.Cl. The van der Waals surface area contributed by atoms with Crippen molar-refractivity contribution >= 4 is 18.4 Å². The van der Waals surface area contributed by atoms with Gasteiger partial charge in [0.1, 0.15) is 5.75 Å². The van der Waals surface area contributed by atoms with E-state index >= 15 is 0 Å². The highest BCUT2D eigenvalue weighted by Crippen LogP contribution is 2.24. The number of carbonyl (C=O) groups excluding carboxylic acids is 1. The van der Waals surface area contributed by atoms with E-state index in [1.807, 2.05) is 38.4 Å². The third-order valence-electron chi connectivity index (χ3n) is 3.09. The molecule has 0 aliphatic carbocycles. The molecule has 0 fully saturated rings. The smallest absolute Gasteiger partial charge is 0.344 e. The summed E-state index contributed by atoms with van der Waals surface area (Å²) in [5.74, 6) is 0.363. The average molecular weight is 330 g/mol. The van der Waals surface area contributed by atoms with Crippen LogP contribution in [-0.4, -0.2) is 44.7 Å². The number of ether oxygens (including phenoxy) is 2. The maximum atomic E-state index is 11.5. The molecule has 0 radical (unpaired) electrons. The van der Waals surface area contributed by atoms with E-state index < -0.39 is 0 Å². The second-order valence-electron chi connectivity index (χ2n) is 6.44. The van der Waals surface area contributed by atoms with Gasteiger partial charge >= 0.3 is 5.97 Å². The van der Waals surface area contributed by atoms with Gasteiger partial charge in [-0.3, -0.25) is 0 Å². The Labute approximate surface area is 140 Å². The van der Waals surface area contributed by atoms with Gasteiger partial charge < -0.3 is 14.4 Å². The van der Waals surface area contributed by atoms with Crippen LogP contribution in [0.3, 0.4) is 0 Å². The molecule has 0 spiro atoms. The molecule has 0 aliphatic heterocycles. The molecule has 0 saturated heterocycles. The van der Waals surface area contributed by atoms with Gasteiger partial charge in [0.25, 0.3) is 0 Å². The van der Waals surface area contributed by atoms with Crippen LogP contribution in [0.2, 0.25) is 0 Å². The first-order chi connectivity index (χ1) is 9.79. The Morgan fingerprint density at radius 3 is 2.23 bits per heavy atom. The molecule has 0 bridgehead atoms. The maximum absolute atomic E-state index is 11.5. The lowest BCUT2D eigenvalue weighted by Gasteiger charge is -2.19. The van der Waals surface area contributed by atoms with Gasteiger partial charge in [0, 0.05) is 6.54 Å². The van der Waals surface area contributed by atoms with E-state index in [9.17, 15) is 4.79 Å². The molecule has 126 valence electrons. The van der Waals surface area contributed by atoms with Gasteiger partial charge in [-0.15, -0.1) is 12.4 Å². The number of rotatable bonds is 7. The Balaban J connectivity index is 0.00000441. The summed E-state index contributed by atoms with van der Waals surface area (Å²) < 4.78 is 10.5. The molecule has 5 heteroatoms. The van der Waals surface area contributed by atoms with Crippen molar-refractivity contribution < 1.29 is 14.3 Å². The summed E-state index contributed by atoms with van der Waals surface area (Å²) in [5.41, 5.74) is 1.35. The molecule has 0 unspecified atom stereocenters. The van der Waals surface area contributed by atoms with Gasteiger partial charge in [-0.05, 0) is 43.6 Å². The van der Waals surface area contributed by atoms with Crippen molar-refractivity contribution in [3.63, 3.8) is 0 Å². The Bertz CT molecular complexity index is 438. The zero-order valence-electron chi connectivity index (χ0n) is 14.2. The summed E-state index contributed by atoms with van der Waals surface area (Å²) in [5, 5.41) is 0. The van der Waals surface area contributed by atoms with Crippen molar-refractivity contribution in [2.75, 3.05) is 33.9 Å².